The average molecular weight is 364 g/mol. The Morgan fingerprint density at radius 3 is 2.88 bits per heavy atom. The first-order valence-corrected chi connectivity index (χ1v) is 7.83. The molecule has 0 saturated carbocycles. The second-order valence-corrected chi connectivity index (χ2v) is 5.52. The van der Waals surface area contributed by atoms with Gasteiger partial charge in [-0.15, -0.1) is 0 Å². The SMILES string of the molecule is COc1ncc(CN2CN=C(CO)N2)cc1-c1cccc(OC(F)F)c1. The van der Waals surface area contributed by atoms with Crippen molar-refractivity contribution in [3.8, 4) is 22.8 Å². The number of hydrogen-bond acceptors (Lipinski definition) is 7. The number of halogens is 2. The van der Waals surface area contributed by atoms with Crippen molar-refractivity contribution in [2.24, 2.45) is 4.99 Å². The van der Waals surface area contributed by atoms with Crippen LogP contribution < -0.4 is 14.9 Å². The van der Waals surface area contributed by atoms with Crippen LogP contribution in [0.25, 0.3) is 11.1 Å². The summed E-state index contributed by atoms with van der Waals surface area (Å²) in [6.07, 6.45) is 1.67. The number of ether oxygens (including phenoxy) is 2. The van der Waals surface area contributed by atoms with Crippen LogP contribution in [0.3, 0.4) is 0 Å². The molecule has 0 amide bonds. The number of aromatic nitrogens is 1. The van der Waals surface area contributed by atoms with Gasteiger partial charge >= 0.3 is 6.61 Å². The first kappa shape index (κ1) is 18.0. The van der Waals surface area contributed by atoms with E-state index in [1.54, 1.807) is 18.3 Å². The molecule has 138 valence electrons. The van der Waals surface area contributed by atoms with Crippen LogP contribution in [0.5, 0.6) is 11.6 Å². The van der Waals surface area contributed by atoms with E-state index in [1.165, 1.54) is 19.2 Å². The van der Waals surface area contributed by atoms with E-state index in [4.69, 9.17) is 9.84 Å². The van der Waals surface area contributed by atoms with Gasteiger partial charge in [0.15, 0.2) is 0 Å². The normalized spacial score (nSPS) is 14.3. The van der Waals surface area contributed by atoms with Crippen LogP contribution >= 0.6 is 0 Å². The molecule has 0 atom stereocenters. The predicted octanol–water partition coefficient (Wildman–Crippen LogP) is 2.03. The number of benzene rings is 1. The lowest BCUT2D eigenvalue weighted by Crippen LogP contribution is -2.36. The maximum absolute atomic E-state index is 12.5. The number of aliphatic hydroxyl groups excluding tert-OH is 1. The Hall–Kier alpha value is -2.78. The van der Waals surface area contributed by atoms with Crippen LogP contribution in [0.4, 0.5) is 8.78 Å². The smallest absolute Gasteiger partial charge is 0.387 e. The van der Waals surface area contributed by atoms with Gasteiger partial charge in [0.1, 0.15) is 24.9 Å². The predicted molar refractivity (Wildman–Crippen MR) is 90.9 cm³/mol. The van der Waals surface area contributed by atoms with Crippen molar-refractivity contribution in [3.63, 3.8) is 0 Å². The minimum Gasteiger partial charge on any atom is -0.481 e. The summed E-state index contributed by atoms with van der Waals surface area (Å²) < 4.78 is 34.7. The van der Waals surface area contributed by atoms with Gasteiger partial charge in [0.2, 0.25) is 5.88 Å². The Bertz CT molecular complexity index is 801. The molecule has 0 bridgehead atoms. The number of alkyl halides is 2. The van der Waals surface area contributed by atoms with Crippen LogP contribution in [-0.4, -0.2) is 47.9 Å². The number of nitrogens with one attached hydrogen (secondary N) is 1. The molecule has 3 rings (SSSR count). The van der Waals surface area contributed by atoms with E-state index >= 15 is 0 Å². The minimum atomic E-state index is -2.89. The maximum Gasteiger partial charge on any atom is 0.387 e. The van der Waals surface area contributed by atoms with Gasteiger partial charge in [0.25, 0.3) is 0 Å². The molecule has 9 heteroatoms. The topological polar surface area (TPSA) is 79.2 Å². The van der Waals surface area contributed by atoms with E-state index in [0.717, 1.165) is 5.56 Å². The zero-order chi connectivity index (χ0) is 18.5. The average Bonchev–Trinajstić information content (AvgIpc) is 3.09. The van der Waals surface area contributed by atoms with Crippen molar-refractivity contribution in [2.45, 2.75) is 13.2 Å². The number of methoxy groups -OCH3 is 1. The molecule has 0 saturated heterocycles. The quantitative estimate of drug-likeness (QED) is 0.783. The standard InChI is InChI=1S/C17H18F2N4O3/c1-25-16-14(12-3-2-4-13(6-12)26-17(18)19)5-11(7-20-16)8-23-10-21-15(9-24)22-23/h2-7,17,24H,8-10H2,1H3,(H,21,22). The molecule has 2 N–H and O–H groups in total. The number of hydrazine groups is 1. The number of pyridine rings is 1. The summed E-state index contributed by atoms with van der Waals surface area (Å²) in [5.74, 6) is 0.945. The highest BCUT2D eigenvalue weighted by Gasteiger charge is 2.16. The highest BCUT2D eigenvalue weighted by atomic mass is 19.3. The lowest BCUT2D eigenvalue weighted by molar-refractivity contribution is -0.0498. The van der Waals surface area contributed by atoms with Gasteiger partial charge in [0.05, 0.1) is 7.11 Å². The van der Waals surface area contributed by atoms with E-state index in [2.05, 4.69) is 20.1 Å². The number of aliphatic imine (C=N–C) groups is 1. The summed E-state index contributed by atoms with van der Waals surface area (Å²) >= 11 is 0. The van der Waals surface area contributed by atoms with Crippen molar-refractivity contribution in [2.75, 3.05) is 20.4 Å². The molecule has 0 fully saturated rings. The number of nitrogens with zero attached hydrogens (tertiary/aromatic N) is 3. The molecule has 0 unspecified atom stereocenters. The molecule has 26 heavy (non-hydrogen) atoms. The molecule has 2 aromatic rings. The summed E-state index contributed by atoms with van der Waals surface area (Å²) in [7, 11) is 1.49. The monoisotopic (exact) mass is 364 g/mol. The first-order chi connectivity index (χ1) is 12.6. The Labute approximate surface area is 148 Å². The highest BCUT2D eigenvalue weighted by molar-refractivity contribution is 5.83. The fraction of sp³-hybridized carbons (Fsp3) is 0.294. The molecule has 1 aliphatic heterocycles. The first-order valence-electron chi connectivity index (χ1n) is 7.83. The number of hydrogen-bond donors (Lipinski definition) is 2. The molecule has 0 aliphatic carbocycles. The molecule has 1 aromatic heterocycles. The van der Waals surface area contributed by atoms with Crippen LogP contribution in [0.2, 0.25) is 0 Å². The maximum atomic E-state index is 12.5. The number of rotatable bonds is 7. The van der Waals surface area contributed by atoms with Crippen LogP contribution in [-0.2, 0) is 6.54 Å². The molecule has 1 aromatic carbocycles. The fourth-order valence-electron chi connectivity index (χ4n) is 2.61. The van der Waals surface area contributed by atoms with Crippen molar-refractivity contribution >= 4 is 5.84 Å². The van der Waals surface area contributed by atoms with Crippen molar-refractivity contribution in [3.05, 3.63) is 42.1 Å². The Morgan fingerprint density at radius 1 is 1.35 bits per heavy atom. The summed E-state index contributed by atoms with van der Waals surface area (Å²) in [5, 5.41) is 10.9. The summed E-state index contributed by atoms with van der Waals surface area (Å²) in [6, 6.07) is 8.23. The van der Waals surface area contributed by atoms with Crippen molar-refractivity contribution in [1.29, 1.82) is 0 Å². The van der Waals surface area contributed by atoms with E-state index in [0.29, 0.717) is 36.1 Å². The molecule has 1 aliphatic rings. The van der Waals surface area contributed by atoms with Gasteiger partial charge in [-0.2, -0.15) is 13.8 Å². The zero-order valence-corrected chi connectivity index (χ0v) is 14.0. The molecule has 2 heterocycles. The van der Waals surface area contributed by atoms with E-state index in [1.807, 2.05) is 11.1 Å². The number of aliphatic hydroxyl groups is 1. The van der Waals surface area contributed by atoms with Gasteiger partial charge in [-0.1, -0.05) is 12.1 Å². The van der Waals surface area contributed by atoms with Gasteiger partial charge in [0, 0.05) is 18.3 Å². The van der Waals surface area contributed by atoms with E-state index in [9.17, 15) is 8.78 Å². The molecule has 7 nitrogen and oxygen atoms in total. The van der Waals surface area contributed by atoms with Gasteiger partial charge in [-0.05, 0) is 29.3 Å². The van der Waals surface area contributed by atoms with Gasteiger partial charge in [-0.25, -0.2) is 4.98 Å². The molecule has 0 radical (unpaired) electrons. The largest absolute Gasteiger partial charge is 0.481 e. The third-order valence-electron chi connectivity index (χ3n) is 3.71. The lowest BCUT2D eigenvalue weighted by atomic mass is 10.0. The summed E-state index contributed by atoms with van der Waals surface area (Å²) in [6.45, 7) is -2.14. The molecule has 0 spiro atoms. The third kappa shape index (κ3) is 4.24. The van der Waals surface area contributed by atoms with Gasteiger partial charge in [-0.3, -0.25) is 4.99 Å². The second-order valence-electron chi connectivity index (χ2n) is 5.52. The van der Waals surface area contributed by atoms with Crippen LogP contribution in [0.15, 0.2) is 41.5 Å². The Kier molecular flexibility index (Phi) is 5.59. The third-order valence-corrected chi connectivity index (χ3v) is 3.71. The highest BCUT2D eigenvalue weighted by Crippen LogP contribution is 2.31. The van der Waals surface area contributed by atoms with Crippen molar-refractivity contribution < 1.29 is 23.4 Å². The molecular formula is C17H18F2N4O3. The van der Waals surface area contributed by atoms with Gasteiger partial charge < -0.3 is 20.0 Å². The summed E-state index contributed by atoms with van der Waals surface area (Å²) in [5.41, 5.74) is 5.15. The Morgan fingerprint density at radius 2 is 2.19 bits per heavy atom. The lowest BCUT2D eigenvalue weighted by Gasteiger charge is -2.17. The summed E-state index contributed by atoms with van der Waals surface area (Å²) in [4.78, 5) is 8.43. The number of amidine groups is 1. The van der Waals surface area contributed by atoms with Crippen LogP contribution in [0.1, 0.15) is 5.56 Å². The fourth-order valence-corrected chi connectivity index (χ4v) is 2.61. The van der Waals surface area contributed by atoms with Crippen molar-refractivity contribution in [1.82, 2.24) is 15.4 Å². The second kappa shape index (κ2) is 8.07. The Balaban J connectivity index is 1.84. The van der Waals surface area contributed by atoms with E-state index in [-0.39, 0.29) is 12.4 Å². The van der Waals surface area contributed by atoms with E-state index < -0.39 is 6.61 Å². The zero-order valence-electron chi connectivity index (χ0n) is 14.0. The molecular weight excluding hydrogens is 346 g/mol. The minimum absolute atomic E-state index is 0.0622. The van der Waals surface area contributed by atoms with Crippen LogP contribution in [0, 0.1) is 0 Å².